The molecule has 0 aromatic heterocycles. The number of fused-ring (bicyclic) bond motifs is 1. The normalized spacial score (nSPS) is 13.5. The fourth-order valence-corrected chi connectivity index (χ4v) is 2.31. The van der Waals surface area contributed by atoms with E-state index in [4.69, 9.17) is 10.5 Å². The minimum Gasteiger partial charge on any atom is -0.482 e. The molecule has 122 valence electrons. The Balaban J connectivity index is 1.71. The van der Waals surface area contributed by atoms with Gasteiger partial charge in [0.2, 0.25) is 5.91 Å². The van der Waals surface area contributed by atoms with E-state index >= 15 is 0 Å². The Morgan fingerprint density at radius 3 is 2.75 bits per heavy atom. The number of amides is 2. The third kappa shape index (κ3) is 3.38. The van der Waals surface area contributed by atoms with E-state index < -0.39 is 0 Å². The van der Waals surface area contributed by atoms with Crippen molar-refractivity contribution in [2.24, 2.45) is 0 Å². The van der Waals surface area contributed by atoms with Crippen molar-refractivity contribution >= 4 is 35.0 Å². The summed E-state index contributed by atoms with van der Waals surface area (Å²) in [6.45, 7) is 0.0273. The molecule has 6 nitrogen and oxygen atoms in total. The molecule has 1 aliphatic rings. The van der Waals surface area contributed by atoms with Crippen LogP contribution in [0.5, 0.6) is 5.75 Å². The first-order chi connectivity index (χ1) is 11.5. The van der Waals surface area contributed by atoms with Gasteiger partial charge in [-0.25, -0.2) is 0 Å². The van der Waals surface area contributed by atoms with Gasteiger partial charge in [0.05, 0.1) is 5.69 Å². The number of nitrogens with one attached hydrogen (secondary N) is 1. The maximum Gasteiger partial charge on any atom is 0.264 e. The molecule has 0 unspecified atom stereocenters. The number of rotatable bonds is 3. The van der Waals surface area contributed by atoms with Gasteiger partial charge in [-0.2, -0.15) is 0 Å². The fraction of sp³-hybridized carbons (Fsp3) is 0.111. The lowest BCUT2D eigenvalue weighted by Crippen LogP contribution is -2.35. The zero-order valence-corrected chi connectivity index (χ0v) is 13.2. The molecule has 3 rings (SSSR count). The molecule has 0 saturated heterocycles. The number of nitrogens with zero attached hydrogens (tertiary/aromatic N) is 1. The summed E-state index contributed by atoms with van der Waals surface area (Å²) in [7, 11) is 1.68. The zero-order valence-electron chi connectivity index (χ0n) is 13.2. The highest BCUT2D eigenvalue weighted by Crippen LogP contribution is 2.33. The molecular formula is C18H17N3O3. The van der Waals surface area contributed by atoms with Crippen LogP contribution in [0.15, 0.2) is 48.5 Å². The lowest BCUT2D eigenvalue weighted by molar-refractivity contribution is -0.121. The molecule has 2 aromatic carbocycles. The summed E-state index contributed by atoms with van der Waals surface area (Å²) in [6.07, 6.45) is 3.14. The predicted molar refractivity (Wildman–Crippen MR) is 93.9 cm³/mol. The third-order valence-electron chi connectivity index (χ3n) is 3.68. The minimum atomic E-state index is -0.266. The lowest BCUT2D eigenvalue weighted by atomic mass is 10.2. The van der Waals surface area contributed by atoms with Crippen molar-refractivity contribution in [1.29, 1.82) is 0 Å². The minimum absolute atomic E-state index is 0.0273. The molecular weight excluding hydrogens is 306 g/mol. The first-order valence-electron chi connectivity index (χ1n) is 7.41. The molecule has 24 heavy (non-hydrogen) atoms. The van der Waals surface area contributed by atoms with E-state index in [0.29, 0.717) is 22.8 Å². The van der Waals surface area contributed by atoms with Gasteiger partial charge < -0.3 is 20.7 Å². The van der Waals surface area contributed by atoms with Crippen molar-refractivity contribution in [3.8, 4) is 5.75 Å². The molecule has 0 spiro atoms. The quantitative estimate of drug-likeness (QED) is 0.670. The van der Waals surface area contributed by atoms with E-state index in [-0.39, 0.29) is 18.4 Å². The first kappa shape index (κ1) is 15.6. The van der Waals surface area contributed by atoms with Gasteiger partial charge in [-0.3, -0.25) is 9.59 Å². The van der Waals surface area contributed by atoms with Crippen LogP contribution < -0.4 is 20.7 Å². The topological polar surface area (TPSA) is 84.7 Å². The summed E-state index contributed by atoms with van der Waals surface area (Å²) in [6, 6.07) is 12.4. The summed E-state index contributed by atoms with van der Waals surface area (Å²) in [5, 5.41) is 2.77. The number of ether oxygens (including phenoxy) is 1. The van der Waals surface area contributed by atoms with Gasteiger partial charge >= 0.3 is 0 Å². The smallest absolute Gasteiger partial charge is 0.264 e. The zero-order chi connectivity index (χ0) is 17.1. The number of hydrogen-bond donors (Lipinski definition) is 2. The highest BCUT2D eigenvalue weighted by Gasteiger charge is 2.22. The molecule has 6 heteroatoms. The Bertz CT molecular complexity index is 813. The molecule has 0 fully saturated rings. The van der Waals surface area contributed by atoms with Crippen LogP contribution >= 0.6 is 0 Å². The first-order valence-corrected chi connectivity index (χ1v) is 7.41. The Hall–Kier alpha value is -3.28. The summed E-state index contributed by atoms with van der Waals surface area (Å²) in [5.41, 5.74) is 8.39. The largest absolute Gasteiger partial charge is 0.482 e. The number of nitrogens with two attached hydrogens (primary N) is 1. The van der Waals surface area contributed by atoms with E-state index in [1.165, 1.54) is 11.0 Å². The maximum atomic E-state index is 12.0. The van der Waals surface area contributed by atoms with Crippen LogP contribution in [0.25, 0.3) is 6.08 Å². The van der Waals surface area contributed by atoms with E-state index in [2.05, 4.69) is 5.32 Å². The number of likely N-dealkylation sites (N-methyl/N-ethyl adjacent to an activating group) is 1. The number of nitrogen functional groups attached to an aromatic ring is 1. The summed E-state index contributed by atoms with van der Waals surface area (Å²) >= 11 is 0. The summed E-state index contributed by atoms with van der Waals surface area (Å²) in [5.74, 6) is 0.222. The van der Waals surface area contributed by atoms with Crippen molar-refractivity contribution in [3.63, 3.8) is 0 Å². The second kappa shape index (κ2) is 6.45. The second-order valence-corrected chi connectivity index (χ2v) is 5.41. The lowest BCUT2D eigenvalue weighted by Gasteiger charge is -2.26. The molecule has 0 bridgehead atoms. The Morgan fingerprint density at radius 1 is 1.25 bits per heavy atom. The molecule has 3 N–H and O–H groups in total. The molecule has 0 radical (unpaired) electrons. The van der Waals surface area contributed by atoms with Crippen LogP contribution in [0.2, 0.25) is 0 Å². The highest BCUT2D eigenvalue weighted by molar-refractivity contribution is 6.03. The molecule has 0 saturated carbocycles. The van der Waals surface area contributed by atoms with Crippen molar-refractivity contribution in [1.82, 2.24) is 0 Å². The van der Waals surface area contributed by atoms with Crippen molar-refractivity contribution in [3.05, 3.63) is 54.1 Å². The number of carbonyl (C=O) groups is 2. The van der Waals surface area contributed by atoms with Gasteiger partial charge in [-0.15, -0.1) is 0 Å². The Kier molecular flexibility index (Phi) is 4.20. The van der Waals surface area contributed by atoms with Crippen LogP contribution in [0, 0.1) is 0 Å². The highest BCUT2D eigenvalue weighted by atomic mass is 16.5. The standard InChI is InChI=1S/C18H17N3O3/c1-21-15-10-14(7-8-16(15)24-11-18(21)23)20-17(22)9-4-12-2-5-13(19)6-3-12/h2-10H,11,19H2,1H3,(H,20,22)/b9-4+. The predicted octanol–water partition coefficient (Wildman–Crippen LogP) is 2.28. The van der Waals surface area contributed by atoms with Gasteiger partial charge in [-0.05, 0) is 42.0 Å². The van der Waals surface area contributed by atoms with Gasteiger partial charge in [0.15, 0.2) is 6.61 Å². The second-order valence-electron chi connectivity index (χ2n) is 5.41. The maximum absolute atomic E-state index is 12.0. The molecule has 0 aliphatic carbocycles. The monoisotopic (exact) mass is 323 g/mol. The van der Waals surface area contributed by atoms with Gasteiger partial charge in [0.1, 0.15) is 5.75 Å². The van der Waals surface area contributed by atoms with Gasteiger partial charge in [-0.1, -0.05) is 12.1 Å². The number of carbonyl (C=O) groups excluding carboxylic acids is 2. The Labute approximate surface area is 139 Å². The van der Waals surface area contributed by atoms with Crippen LogP contribution in [0.4, 0.5) is 17.1 Å². The number of anilines is 3. The molecule has 1 heterocycles. The van der Waals surface area contributed by atoms with Crippen molar-refractivity contribution in [2.45, 2.75) is 0 Å². The summed E-state index contributed by atoms with van der Waals surface area (Å²) < 4.78 is 5.35. The van der Waals surface area contributed by atoms with Gasteiger partial charge in [0.25, 0.3) is 5.91 Å². The fourth-order valence-electron chi connectivity index (χ4n) is 2.31. The van der Waals surface area contributed by atoms with Crippen molar-refractivity contribution in [2.75, 3.05) is 29.6 Å². The average molecular weight is 323 g/mol. The number of hydrogen-bond acceptors (Lipinski definition) is 4. The summed E-state index contributed by atoms with van der Waals surface area (Å²) in [4.78, 5) is 25.2. The Morgan fingerprint density at radius 2 is 2.00 bits per heavy atom. The third-order valence-corrected chi connectivity index (χ3v) is 3.68. The van der Waals surface area contributed by atoms with E-state index in [0.717, 1.165) is 5.56 Å². The van der Waals surface area contributed by atoms with Crippen molar-refractivity contribution < 1.29 is 14.3 Å². The van der Waals surface area contributed by atoms with Crippen LogP contribution in [0.1, 0.15) is 5.56 Å². The number of benzene rings is 2. The SMILES string of the molecule is CN1C(=O)COc2ccc(NC(=O)/C=C/c3ccc(N)cc3)cc21. The van der Waals surface area contributed by atoms with Gasteiger partial charge in [0, 0.05) is 24.5 Å². The van der Waals surface area contributed by atoms with E-state index in [1.54, 1.807) is 43.5 Å². The van der Waals surface area contributed by atoms with E-state index in [9.17, 15) is 9.59 Å². The van der Waals surface area contributed by atoms with Crippen LogP contribution in [-0.2, 0) is 9.59 Å². The average Bonchev–Trinajstić information content (AvgIpc) is 2.58. The van der Waals surface area contributed by atoms with Crippen LogP contribution in [-0.4, -0.2) is 25.5 Å². The molecule has 2 aromatic rings. The van der Waals surface area contributed by atoms with E-state index in [1.807, 2.05) is 12.1 Å². The molecule has 1 aliphatic heterocycles. The molecule has 2 amide bonds. The molecule has 0 atom stereocenters. The van der Waals surface area contributed by atoms with Crippen LogP contribution in [0.3, 0.4) is 0 Å².